The van der Waals surface area contributed by atoms with Crippen LogP contribution in [-0.4, -0.2) is 138 Å². The second-order valence-electron chi connectivity index (χ2n) is 21.3. The lowest BCUT2D eigenvalue weighted by molar-refractivity contribution is -0.377. The van der Waals surface area contributed by atoms with Crippen LogP contribution in [0.4, 0.5) is 0 Å². The van der Waals surface area contributed by atoms with Crippen molar-refractivity contribution in [1.29, 1.82) is 0 Å². The molecule has 0 aromatic rings. The van der Waals surface area contributed by atoms with Crippen LogP contribution >= 0.6 is 0 Å². The monoisotopic (exact) mass is 827 g/mol. The van der Waals surface area contributed by atoms with E-state index in [0.717, 1.165) is 37.7 Å². The summed E-state index contributed by atoms with van der Waals surface area (Å²) in [6.45, 7) is 17.8. The van der Waals surface area contributed by atoms with E-state index in [1.807, 2.05) is 6.92 Å². The summed E-state index contributed by atoms with van der Waals surface area (Å²) in [6.07, 6.45) is -8.63. The largest absolute Gasteiger partial charge is 0.481 e. The van der Waals surface area contributed by atoms with Crippen molar-refractivity contribution >= 4 is 5.97 Å². The second kappa shape index (κ2) is 16.1. The number of carboxylic acid groups (broad SMARTS) is 1. The predicted molar refractivity (Wildman–Crippen MR) is 211 cm³/mol. The van der Waals surface area contributed by atoms with Crippen molar-refractivity contribution in [3.8, 4) is 0 Å². The lowest BCUT2D eigenvalue weighted by Gasteiger charge is -2.62. The molecule has 0 bridgehead atoms. The molecular formula is C44H74O14. The molecule has 0 aromatic heterocycles. The number of carboxylic acids is 1. The van der Waals surface area contributed by atoms with E-state index in [1.165, 1.54) is 5.57 Å². The Morgan fingerprint density at radius 2 is 1.38 bits per heavy atom. The summed E-state index contributed by atoms with van der Waals surface area (Å²) in [5.74, 6) is -0.178. The first-order chi connectivity index (χ1) is 26.8. The number of hydrogen-bond donors (Lipinski definition) is 9. The van der Waals surface area contributed by atoms with Crippen LogP contribution in [0.3, 0.4) is 0 Å². The molecule has 334 valence electrons. The molecule has 6 rings (SSSR count). The van der Waals surface area contributed by atoms with Crippen molar-refractivity contribution in [2.24, 2.45) is 44.8 Å². The summed E-state index contributed by atoms with van der Waals surface area (Å²) in [7, 11) is 0. The Kier molecular flexibility index (Phi) is 12.9. The fourth-order valence-corrected chi connectivity index (χ4v) is 12.9. The third-order valence-electron chi connectivity index (χ3n) is 17.2. The minimum atomic E-state index is -1.77. The summed E-state index contributed by atoms with van der Waals surface area (Å²) < 4.78 is 24.3. The third-order valence-corrected chi connectivity index (χ3v) is 17.2. The second-order valence-corrected chi connectivity index (χ2v) is 21.3. The van der Waals surface area contributed by atoms with Gasteiger partial charge >= 0.3 is 5.97 Å². The minimum absolute atomic E-state index is 0.0843. The number of fused-ring (bicyclic) bond motifs is 4. The predicted octanol–water partition coefficient (Wildman–Crippen LogP) is 3.02. The maximum atomic E-state index is 13.8. The number of hydrogen-bond acceptors (Lipinski definition) is 13. The molecule has 18 atom stereocenters. The standard InChI is InChI=1S/C44H74O14/c1-22(12-18-43(9,54)39(2,3)4)23-14-19-44(38(52)53)25-10-11-28-40(5,6)29(15-16-41(28,7)24(25)13-17-42(23,44)8)57-37-35(33(50)31(48)27(21-46)56-37)58-36-34(51)32(49)30(47)26(20-45)55-36/h22-23,26-37,45-51,54H,10-21H2,1-9H3,(H,52,53). The molecular weight excluding hydrogens is 752 g/mol. The number of carbonyl (C=O) groups is 1. The summed E-state index contributed by atoms with van der Waals surface area (Å²) in [5.41, 5.74) is -0.915. The van der Waals surface area contributed by atoms with Crippen LogP contribution in [0.5, 0.6) is 0 Å². The maximum Gasteiger partial charge on any atom is 0.314 e. The van der Waals surface area contributed by atoms with Gasteiger partial charge in [0, 0.05) is 0 Å². The maximum absolute atomic E-state index is 13.8. The Bertz CT molecular complexity index is 1520. The van der Waals surface area contributed by atoms with Gasteiger partial charge in [0.05, 0.1) is 30.3 Å². The van der Waals surface area contributed by atoms with Gasteiger partial charge in [-0.15, -0.1) is 0 Å². The molecule has 2 saturated carbocycles. The Labute approximate surface area is 343 Å². The molecule has 2 saturated heterocycles. The number of aliphatic hydroxyl groups is 8. The molecule has 4 fully saturated rings. The van der Waals surface area contributed by atoms with E-state index in [-0.39, 0.29) is 28.6 Å². The zero-order valence-corrected chi connectivity index (χ0v) is 36.1. The van der Waals surface area contributed by atoms with Gasteiger partial charge in [0.25, 0.3) is 0 Å². The van der Waals surface area contributed by atoms with Gasteiger partial charge in [-0.3, -0.25) is 4.79 Å². The summed E-state index contributed by atoms with van der Waals surface area (Å²) in [6, 6.07) is 0. The van der Waals surface area contributed by atoms with Gasteiger partial charge in [-0.2, -0.15) is 0 Å². The SMILES string of the molecule is CC(CCC(C)(O)C(C)(C)C)C1CCC2(C(=O)O)C3=C(CCC12C)C1(C)CCC(OC2OC(CO)C(O)C(O)C2OC2OC(CO)C(O)C(O)C2O)C(C)(C)C1CC3. The van der Waals surface area contributed by atoms with Crippen LogP contribution in [0.15, 0.2) is 11.1 Å². The zero-order chi connectivity index (χ0) is 43.1. The highest BCUT2D eigenvalue weighted by atomic mass is 16.8. The quantitative estimate of drug-likeness (QED) is 0.136. The Morgan fingerprint density at radius 1 is 0.776 bits per heavy atom. The molecule has 18 unspecified atom stereocenters. The fraction of sp³-hybridized carbons (Fsp3) is 0.932. The van der Waals surface area contributed by atoms with Crippen molar-refractivity contribution in [1.82, 2.24) is 0 Å². The third kappa shape index (κ3) is 7.24. The fourth-order valence-electron chi connectivity index (χ4n) is 12.9. The first-order valence-electron chi connectivity index (χ1n) is 21.8. The summed E-state index contributed by atoms with van der Waals surface area (Å²) in [5, 5.41) is 96.0. The molecule has 9 N–H and O–H groups in total. The van der Waals surface area contributed by atoms with Crippen molar-refractivity contribution in [2.45, 2.75) is 200 Å². The normalized spacial score (nSPS) is 47.1. The highest BCUT2D eigenvalue weighted by Crippen LogP contribution is 2.73. The van der Waals surface area contributed by atoms with Crippen LogP contribution in [0, 0.1) is 44.8 Å². The number of rotatable bonds is 11. The highest BCUT2D eigenvalue weighted by molar-refractivity contribution is 5.82. The molecule has 2 aliphatic heterocycles. The van der Waals surface area contributed by atoms with Gasteiger partial charge in [0.2, 0.25) is 0 Å². The van der Waals surface area contributed by atoms with Gasteiger partial charge in [0.15, 0.2) is 12.6 Å². The highest BCUT2D eigenvalue weighted by Gasteiger charge is 2.68. The Balaban J connectivity index is 1.25. The Morgan fingerprint density at radius 3 is 1.97 bits per heavy atom. The summed E-state index contributed by atoms with van der Waals surface area (Å²) >= 11 is 0. The van der Waals surface area contributed by atoms with Crippen LogP contribution in [0.25, 0.3) is 0 Å². The van der Waals surface area contributed by atoms with Crippen molar-refractivity contribution < 1.29 is 69.7 Å². The zero-order valence-electron chi connectivity index (χ0n) is 36.1. The molecule has 58 heavy (non-hydrogen) atoms. The van der Waals surface area contributed by atoms with E-state index in [9.17, 15) is 50.8 Å². The Hall–Kier alpha value is -1.27. The average molecular weight is 827 g/mol. The molecule has 0 spiro atoms. The number of allylic oxidation sites excluding steroid dienone is 1. The van der Waals surface area contributed by atoms with E-state index in [4.69, 9.17) is 18.9 Å². The topological polar surface area (TPSA) is 236 Å². The van der Waals surface area contributed by atoms with Gasteiger partial charge < -0.3 is 64.9 Å². The lowest BCUT2D eigenvalue weighted by Crippen LogP contribution is -2.65. The van der Waals surface area contributed by atoms with Crippen LogP contribution < -0.4 is 0 Å². The molecule has 0 aromatic carbocycles. The van der Waals surface area contributed by atoms with Crippen LogP contribution in [-0.2, 0) is 23.7 Å². The van der Waals surface area contributed by atoms with Crippen molar-refractivity contribution in [3.05, 3.63) is 11.1 Å². The van der Waals surface area contributed by atoms with E-state index in [0.29, 0.717) is 32.1 Å². The minimum Gasteiger partial charge on any atom is -0.481 e. The number of ether oxygens (including phenoxy) is 4. The number of aliphatic carboxylic acids is 1. The first kappa shape index (κ1) is 46.2. The number of aliphatic hydroxyl groups excluding tert-OH is 7. The lowest BCUT2D eigenvalue weighted by atomic mass is 9.43. The van der Waals surface area contributed by atoms with E-state index in [1.54, 1.807) is 0 Å². The van der Waals surface area contributed by atoms with Crippen molar-refractivity contribution in [3.63, 3.8) is 0 Å². The first-order valence-corrected chi connectivity index (χ1v) is 21.8. The van der Waals surface area contributed by atoms with E-state index < -0.39 is 109 Å². The van der Waals surface area contributed by atoms with Crippen LogP contribution in [0.1, 0.15) is 127 Å². The molecule has 2 heterocycles. The average Bonchev–Trinajstić information content (AvgIpc) is 3.48. The molecule has 14 nitrogen and oxygen atoms in total. The van der Waals surface area contributed by atoms with Gasteiger partial charge in [0.1, 0.15) is 48.8 Å². The van der Waals surface area contributed by atoms with Crippen molar-refractivity contribution in [2.75, 3.05) is 13.2 Å². The molecule has 6 aliphatic rings. The van der Waals surface area contributed by atoms with Gasteiger partial charge in [-0.1, -0.05) is 66.5 Å². The van der Waals surface area contributed by atoms with E-state index in [2.05, 4.69) is 55.4 Å². The molecule has 14 heteroatoms. The molecule has 4 aliphatic carbocycles. The molecule has 0 radical (unpaired) electrons. The summed E-state index contributed by atoms with van der Waals surface area (Å²) in [4.78, 5) is 13.8. The molecule has 0 amide bonds. The van der Waals surface area contributed by atoms with Gasteiger partial charge in [-0.25, -0.2) is 0 Å². The van der Waals surface area contributed by atoms with Crippen LogP contribution in [0.2, 0.25) is 0 Å². The van der Waals surface area contributed by atoms with E-state index >= 15 is 0 Å². The smallest absolute Gasteiger partial charge is 0.314 e. The van der Waals surface area contributed by atoms with Gasteiger partial charge in [-0.05, 0) is 111 Å².